The molecule has 0 aliphatic carbocycles. The van der Waals surface area contributed by atoms with E-state index in [1.807, 2.05) is 44.2 Å². The van der Waals surface area contributed by atoms with E-state index in [-0.39, 0.29) is 11.8 Å². The number of rotatable bonds is 7. The first kappa shape index (κ1) is 16.2. The van der Waals surface area contributed by atoms with Gasteiger partial charge in [0.05, 0.1) is 0 Å². The molecule has 0 bridgehead atoms. The summed E-state index contributed by atoms with van der Waals surface area (Å²) < 4.78 is 0. The minimum absolute atomic E-state index is 0.107. The molecule has 0 radical (unpaired) electrons. The Morgan fingerprint density at radius 2 is 1.80 bits per heavy atom. The van der Waals surface area contributed by atoms with Gasteiger partial charge in [0.15, 0.2) is 0 Å². The van der Waals surface area contributed by atoms with Crippen LogP contribution in [0.1, 0.15) is 32.8 Å². The predicted octanol–water partition coefficient (Wildman–Crippen LogP) is 1.90. The highest BCUT2D eigenvalue weighted by Gasteiger charge is 2.19. The topological polar surface area (TPSA) is 58.2 Å². The lowest BCUT2D eigenvalue weighted by molar-refractivity contribution is -0.128. The number of carbonyl (C=O) groups is 2. The van der Waals surface area contributed by atoms with Crippen LogP contribution in [-0.2, 0) is 16.0 Å². The number of hydrogen-bond donors (Lipinski definition) is 2. The van der Waals surface area contributed by atoms with Gasteiger partial charge in [-0.25, -0.2) is 0 Å². The van der Waals surface area contributed by atoms with Crippen LogP contribution >= 0.6 is 0 Å². The van der Waals surface area contributed by atoms with Crippen molar-refractivity contribution in [2.45, 2.75) is 39.7 Å². The summed E-state index contributed by atoms with van der Waals surface area (Å²) >= 11 is 0. The Hall–Kier alpha value is -1.84. The van der Waals surface area contributed by atoms with Crippen LogP contribution in [0.2, 0.25) is 0 Å². The number of benzene rings is 1. The van der Waals surface area contributed by atoms with Crippen LogP contribution in [0, 0.1) is 5.92 Å². The van der Waals surface area contributed by atoms with E-state index in [2.05, 4.69) is 10.6 Å². The van der Waals surface area contributed by atoms with Gasteiger partial charge in [0.2, 0.25) is 11.8 Å². The number of nitrogens with one attached hydrogen (secondary N) is 2. The van der Waals surface area contributed by atoms with Crippen molar-refractivity contribution in [1.82, 2.24) is 10.6 Å². The molecule has 1 aromatic rings. The number of amides is 2. The Bertz CT molecular complexity index is 429. The van der Waals surface area contributed by atoms with Crippen molar-refractivity contribution in [3.05, 3.63) is 35.9 Å². The first-order chi connectivity index (χ1) is 9.49. The van der Waals surface area contributed by atoms with E-state index in [0.717, 1.165) is 6.42 Å². The second-order valence-electron chi connectivity index (χ2n) is 5.41. The van der Waals surface area contributed by atoms with Gasteiger partial charge in [0, 0.05) is 13.5 Å². The summed E-state index contributed by atoms with van der Waals surface area (Å²) in [6, 6.07) is 9.56. The Balaban J connectivity index is 2.43. The molecular weight excluding hydrogens is 252 g/mol. The Morgan fingerprint density at radius 3 is 2.35 bits per heavy atom. The summed E-state index contributed by atoms with van der Waals surface area (Å²) in [7, 11) is 0. The van der Waals surface area contributed by atoms with Crippen LogP contribution in [0.3, 0.4) is 0 Å². The van der Waals surface area contributed by atoms with Gasteiger partial charge in [-0.05, 0) is 24.3 Å². The highest BCUT2D eigenvalue weighted by molar-refractivity contribution is 5.86. The van der Waals surface area contributed by atoms with E-state index >= 15 is 0 Å². The monoisotopic (exact) mass is 276 g/mol. The van der Waals surface area contributed by atoms with E-state index in [1.54, 1.807) is 0 Å². The average Bonchev–Trinajstić information content (AvgIpc) is 2.38. The Kier molecular flexibility index (Phi) is 6.77. The molecule has 0 aliphatic heterocycles. The zero-order chi connectivity index (χ0) is 15.0. The largest absolute Gasteiger partial charge is 0.354 e. The van der Waals surface area contributed by atoms with E-state index in [0.29, 0.717) is 18.9 Å². The standard InChI is InChI=1S/C16H24N2O2/c1-12(2)11-15(18-13(3)19)16(20)17-10-9-14-7-5-4-6-8-14/h4-8,12,15H,9-11H2,1-3H3,(H,17,20)(H,18,19)/t15-/m0/s1. The third kappa shape index (κ3) is 6.36. The molecule has 1 aromatic carbocycles. The van der Waals surface area contributed by atoms with Gasteiger partial charge in [0.25, 0.3) is 0 Å². The molecule has 0 spiro atoms. The van der Waals surface area contributed by atoms with Crippen LogP contribution < -0.4 is 10.6 Å². The van der Waals surface area contributed by atoms with Crippen molar-refractivity contribution in [3.8, 4) is 0 Å². The fraction of sp³-hybridized carbons (Fsp3) is 0.500. The zero-order valence-electron chi connectivity index (χ0n) is 12.5. The first-order valence-corrected chi connectivity index (χ1v) is 7.07. The minimum Gasteiger partial charge on any atom is -0.354 e. The van der Waals surface area contributed by atoms with Crippen molar-refractivity contribution in [2.75, 3.05) is 6.54 Å². The smallest absolute Gasteiger partial charge is 0.242 e. The Labute approximate surface area is 121 Å². The molecule has 0 saturated heterocycles. The van der Waals surface area contributed by atoms with Gasteiger partial charge < -0.3 is 10.6 Å². The van der Waals surface area contributed by atoms with Crippen LogP contribution in [0.4, 0.5) is 0 Å². The molecule has 4 heteroatoms. The third-order valence-corrected chi connectivity index (χ3v) is 2.96. The summed E-state index contributed by atoms with van der Waals surface area (Å²) in [5.74, 6) is 0.0745. The normalized spacial score (nSPS) is 12.0. The van der Waals surface area contributed by atoms with Crippen molar-refractivity contribution < 1.29 is 9.59 Å². The summed E-state index contributed by atoms with van der Waals surface area (Å²) in [6.45, 7) is 6.08. The summed E-state index contributed by atoms with van der Waals surface area (Å²) in [5, 5.41) is 5.60. The molecule has 0 unspecified atom stereocenters. The quantitative estimate of drug-likeness (QED) is 0.799. The average molecular weight is 276 g/mol. The maximum absolute atomic E-state index is 12.1. The number of hydrogen-bond acceptors (Lipinski definition) is 2. The lowest BCUT2D eigenvalue weighted by Gasteiger charge is -2.19. The second-order valence-corrected chi connectivity index (χ2v) is 5.41. The van der Waals surface area contributed by atoms with Gasteiger partial charge in [-0.15, -0.1) is 0 Å². The fourth-order valence-electron chi connectivity index (χ4n) is 2.05. The Morgan fingerprint density at radius 1 is 1.15 bits per heavy atom. The SMILES string of the molecule is CC(=O)N[C@@H](CC(C)C)C(=O)NCCc1ccccc1. The van der Waals surface area contributed by atoms with Gasteiger partial charge >= 0.3 is 0 Å². The predicted molar refractivity (Wildman–Crippen MR) is 80.2 cm³/mol. The third-order valence-electron chi connectivity index (χ3n) is 2.96. The van der Waals surface area contributed by atoms with Crippen molar-refractivity contribution in [3.63, 3.8) is 0 Å². The molecule has 110 valence electrons. The zero-order valence-corrected chi connectivity index (χ0v) is 12.5. The summed E-state index contributed by atoms with van der Waals surface area (Å²) in [5.41, 5.74) is 1.19. The minimum atomic E-state index is -0.441. The van der Waals surface area contributed by atoms with Crippen molar-refractivity contribution in [1.29, 1.82) is 0 Å². The molecule has 2 amide bonds. The molecule has 0 fully saturated rings. The van der Waals surface area contributed by atoms with E-state index in [9.17, 15) is 9.59 Å². The molecule has 2 N–H and O–H groups in total. The maximum atomic E-state index is 12.1. The number of carbonyl (C=O) groups excluding carboxylic acids is 2. The molecule has 0 aromatic heterocycles. The molecule has 0 heterocycles. The van der Waals surface area contributed by atoms with Crippen LogP contribution in [0.25, 0.3) is 0 Å². The van der Waals surface area contributed by atoms with Crippen LogP contribution in [-0.4, -0.2) is 24.4 Å². The van der Waals surface area contributed by atoms with Crippen LogP contribution in [0.15, 0.2) is 30.3 Å². The molecule has 0 saturated carbocycles. The second kappa shape index (κ2) is 8.35. The summed E-state index contributed by atoms with van der Waals surface area (Å²) in [6.07, 6.45) is 1.44. The van der Waals surface area contributed by atoms with Gasteiger partial charge in [0.1, 0.15) is 6.04 Å². The highest BCUT2D eigenvalue weighted by Crippen LogP contribution is 2.05. The fourth-order valence-corrected chi connectivity index (χ4v) is 2.05. The highest BCUT2D eigenvalue weighted by atomic mass is 16.2. The van der Waals surface area contributed by atoms with Crippen LogP contribution in [0.5, 0.6) is 0 Å². The van der Waals surface area contributed by atoms with E-state index < -0.39 is 6.04 Å². The lowest BCUT2D eigenvalue weighted by Crippen LogP contribution is -2.47. The van der Waals surface area contributed by atoms with Crippen molar-refractivity contribution in [2.24, 2.45) is 5.92 Å². The van der Waals surface area contributed by atoms with Gasteiger partial charge in [-0.3, -0.25) is 9.59 Å². The molecule has 20 heavy (non-hydrogen) atoms. The molecule has 1 rings (SSSR count). The van der Waals surface area contributed by atoms with Gasteiger partial charge in [-0.2, -0.15) is 0 Å². The van der Waals surface area contributed by atoms with Gasteiger partial charge in [-0.1, -0.05) is 44.2 Å². The molecule has 4 nitrogen and oxygen atoms in total. The molecule has 1 atom stereocenters. The van der Waals surface area contributed by atoms with E-state index in [1.165, 1.54) is 12.5 Å². The first-order valence-electron chi connectivity index (χ1n) is 7.07. The molecular formula is C16H24N2O2. The summed E-state index contributed by atoms with van der Waals surface area (Å²) in [4.78, 5) is 23.2. The maximum Gasteiger partial charge on any atom is 0.242 e. The van der Waals surface area contributed by atoms with Crippen molar-refractivity contribution >= 4 is 11.8 Å². The molecule has 0 aliphatic rings. The van der Waals surface area contributed by atoms with E-state index in [4.69, 9.17) is 0 Å². The lowest BCUT2D eigenvalue weighted by atomic mass is 10.0.